The fourth-order valence-corrected chi connectivity index (χ4v) is 2.59. The maximum absolute atomic E-state index is 11.8. The summed E-state index contributed by atoms with van der Waals surface area (Å²) >= 11 is 0. The van der Waals surface area contributed by atoms with Gasteiger partial charge in [0.15, 0.2) is 0 Å². The number of carboxylic acid groups (broad SMARTS) is 2. The molecule has 0 aliphatic carbocycles. The molecular weight excluding hydrogens is 300 g/mol. The lowest BCUT2D eigenvalue weighted by molar-refractivity contribution is -0.151. The van der Waals surface area contributed by atoms with Gasteiger partial charge in [-0.3, -0.25) is 9.59 Å². The largest absolute Gasteiger partial charge is 0.502 e. The van der Waals surface area contributed by atoms with E-state index in [-0.39, 0.29) is 6.42 Å². The van der Waals surface area contributed by atoms with Crippen molar-refractivity contribution in [3.63, 3.8) is 0 Å². The minimum atomic E-state index is -0.867. The average Bonchev–Trinajstić information content (AvgIpc) is 2.51. The van der Waals surface area contributed by atoms with Crippen molar-refractivity contribution in [1.29, 1.82) is 0 Å². The van der Waals surface area contributed by atoms with Gasteiger partial charge in [0.05, 0.1) is 31.2 Å². The van der Waals surface area contributed by atoms with Gasteiger partial charge in [-0.05, 0) is 38.5 Å². The predicted molar refractivity (Wildman–Crippen MR) is 86.9 cm³/mol. The molecular formula is C17H28O6. The van der Waals surface area contributed by atoms with Gasteiger partial charge in [-0.2, -0.15) is 0 Å². The molecule has 0 spiro atoms. The number of carboxylic acids is 2. The molecule has 6 nitrogen and oxygen atoms in total. The van der Waals surface area contributed by atoms with Crippen molar-refractivity contribution in [3.05, 3.63) is 25.7 Å². The SMILES string of the molecule is C=COCCCC(CCCCC(=O)O)(CCCOC=C)C(=O)O. The van der Waals surface area contributed by atoms with Crippen LogP contribution in [-0.2, 0) is 19.1 Å². The summed E-state index contributed by atoms with van der Waals surface area (Å²) in [6.45, 7) is 7.77. The molecule has 0 radical (unpaired) electrons. The third-order valence-electron chi connectivity index (χ3n) is 3.82. The molecule has 0 aromatic heterocycles. The topological polar surface area (TPSA) is 93.1 Å². The van der Waals surface area contributed by atoms with Crippen LogP contribution in [0.4, 0.5) is 0 Å². The molecule has 0 saturated heterocycles. The van der Waals surface area contributed by atoms with E-state index >= 15 is 0 Å². The number of ether oxygens (including phenoxy) is 2. The van der Waals surface area contributed by atoms with Crippen molar-refractivity contribution in [3.8, 4) is 0 Å². The Morgan fingerprint density at radius 1 is 0.870 bits per heavy atom. The van der Waals surface area contributed by atoms with Crippen molar-refractivity contribution in [2.45, 2.75) is 51.4 Å². The summed E-state index contributed by atoms with van der Waals surface area (Å²) in [6, 6.07) is 0. The Morgan fingerprint density at radius 2 is 1.35 bits per heavy atom. The molecule has 0 bridgehead atoms. The first-order chi connectivity index (χ1) is 11.0. The van der Waals surface area contributed by atoms with Crippen LogP contribution in [0, 0.1) is 5.41 Å². The molecule has 0 amide bonds. The zero-order valence-corrected chi connectivity index (χ0v) is 13.7. The number of hydrogen-bond acceptors (Lipinski definition) is 4. The van der Waals surface area contributed by atoms with E-state index in [1.807, 2.05) is 0 Å². The molecule has 0 saturated carbocycles. The van der Waals surface area contributed by atoms with Crippen LogP contribution >= 0.6 is 0 Å². The van der Waals surface area contributed by atoms with Crippen molar-refractivity contribution >= 4 is 11.9 Å². The Balaban J connectivity index is 4.64. The fourth-order valence-electron chi connectivity index (χ4n) is 2.59. The van der Waals surface area contributed by atoms with Gasteiger partial charge in [-0.25, -0.2) is 0 Å². The monoisotopic (exact) mass is 328 g/mol. The summed E-state index contributed by atoms with van der Waals surface area (Å²) in [5, 5.41) is 18.4. The fraction of sp³-hybridized carbons (Fsp3) is 0.647. The first-order valence-corrected chi connectivity index (χ1v) is 7.88. The van der Waals surface area contributed by atoms with Gasteiger partial charge in [-0.15, -0.1) is 0 Å². The van der Waals surface area contributed by atoms with Gasteiger partial charge >= 0.3 is 11.9 Å². The van der Waals surface area contributed by atoms with Crippen LogP contribution in [0.1, 0.15) is 51.4 Å². The van der Waals surface area contributed by atoms with Crippen LogP contribution in [-0.4, -0.2) is 35.4 Å². The van der Waals surface area contributed by atoms with Crippen molar-refractivity contribution in [2.75, 3.05) is 13.2 Å². The molecule has 0 aromatic carbocycles. The maximum Gasteiger partial charge on any atom is 0.309 e. The lowest BCUT2D eigenvalue weighted by atomic mass is 9.75. The molecule has 0 fully saturated rings. The molecule has 23 heavy (non-hydrogen) atoms. The van der Waals surface area contributed by atoms with Crippen molar-refractivity contribution in [1.82, 2.24) is 0 Å². The van der Waals surface area contributed by atoms with E-state index in [0.717, 1.165) is 0 Å². The highest BCUT2D eigenvalue weighted by atomic mass is 16.5. The summed E-state index contributed by atoms with van der Waals surface area (Å²) in [5.41, 5.74) is -0.867. The van der Waals surface area contributed by atoms with Gasteiger partial charge < -0.3 is 19.7 Å². The summed E-state index contributed by atoms with van der Waals surface area (Å²) in [5.74, 6) is -1.70. The minimum absolute atomic E-state index is 0.0643. The van der Waals surface area contributed by atoms with Crippen LogP contribution in [0.25, 0.3) is 0 Å². The van der Waals surface area contributed by atoms with Crippen molar-refractivity contribution < 1.29 is 29.3 Å². The Morgan fingerprint density at radius 3 is 1.74 bits per heavy atom. The second kappa shape index (κ2) is 12.6. The average molecular weight is 328 g/mol. The highest BCUT2D eigenvalue weighted by molar-refractivity contribution is 5.74. The second-order valence-corrected chi connectivity index (χ2v) is 5.47. The summed E-state index contributed by atoms with van der Waals surface area (Å²) in [7, 11) is 0. The van der Waals surface area contributed by atoms with Crippen molar-refractivity contribution in [2.24, 2.45) is 5.41 Å². The van der Waals surface area contributed by atoms with E-state index < -0.39 is 17.4 Å². The molecule has 0 atom stereocenters. The highest BCUT2D eigenvalue weighted by Gasteiger charge is 2.36. The number of hydrogen-bond donors (Lipinski definition) is 2. The van der Waals surface area contributed by atoms with Gasteiger partial charge in [0.1, 0.15) is 0 Å². The highest BCUT2D eigenvalue weighted by Crippen LogP contribution is 2.36. The Kier molecular flexibility index (Phi) is 11.5. The molecule has 0 unspecified atom stereocenters. The predicted octanol–water partition coefficient (Wildman–Crippen LogP) is 3.58. The first-order valence-electron chi connectivity index (χ1n) is 7.88. The summed E-state index contributed by atoms with van der Waals surface area (Å²) in [4.78, 5) is 22.4. The van der Waals surface area contributed by atoms with Crippen LogP contribution < -0.4 is 0 Å². The Bertz CT molecular complexity index is 361. The van der Waals surface area contributed by atoms with Gasteiger partial charge in [0, 0.05) is 6.42 Å². The molecule has 0 rings (SSSR count). The molecule has 0 heterocycles. The van der Waals surface area contributed by atoms with Crippen LogP contribution in [0.15, 0.2) is 25.7 Å². The minimum Gasteiger partial charge on any atom is -0.502 e. The molecule has 0 aliphatic rings. The number of aliphatic carboxylic acids is 2. The van der Waals surface area contributed by atoms with E-state index in [2.05, 4.69) is 13.2 Å². The molecule has 6 heteroatoms. The van der Waals surface area contributed by atoms with E-state index in [1.165, 1.54) is 12.5 Å². The smallest absolute Gasteiger partial charge is 0.309 e. The van der Waals surface area contributed by atoms with Crippen LogP contribution in [0.2, 0.25) is 0 Å². The number of carbonyl (C=O) groups is 2. The third-order valence-corrected chi connectivity index (χ3v) is 3.82. The summed E-state index contributed by atoms with van der Waals surface area (Å²) < 4.78 is 10.1. The van der Waals surface area contributed by atoms with Crippen LogP contribution in [0.3, 0.4) is 0 Å². The zero-order valence-electron chi connectivity index (χ0n) is 13.7. The Hall–Kier alpha value is -1.98. The lowest BCUT2D eigenvalue weighted by Crippen LogP contribution is -2.32. The second-order valence-electron chi connectivity index (χ2n) is 5.47. The molecule has 2 N–H and O–H groups in total. The normalized spacial score (nSPS) is 10.8. The Labute approximate surface area is 137 Å². The molecule has 0 aromatic rings. The van der Waals surface area contributed by atoms with E-state index in [1.54, 1.807) is 0 Å². The summed E-state index contributed by atoms with van der Waals surface area (Å²) in [6.07, 6.45) is 6.45. The zero-order chi connectivity index (χ0) is 17.6. The van der Waals surface area contributed by atoms with Gasteiger partial charge in [-0.1, -0.05) is 19.6 Å². The first kappa shape index (κ1) is 21.0. The van der Waals surface area contributed by atoms with Crippen LogP contribution in [0.5, 0.6) is 0 Å². The van der Waals surface area contributed by atoms with Gasteiger partial charge in [0.2, 0.25) is 0 Å². The molecule has 0 aliphatic heterocycles. The van der Waals surface area contributed by atoms with E-state index in [0.29, 0.717) is 58.2 Å². The maximum atomic E-state index is 11.8. The number of unbranched alkanes of at least 4 members (excludes halogenated alkanes) is 1. The van der Waals surface area contributed by atoms with E-state index in [4.69, 9.17) is 14.6 Å². The lowest BCUT2D eigenvalue weighted by Gasteiger charge is -2.29. The molecule has 132 valence electrons. The quantitative estimate of drug-likeness (QED) is 0.332. The third kappa shape index (κ3) is 9.60. The number of rotatable bonds is 16. The standard InChI is InChI=1S/C17H28O6/c1-3-22-13-7-11-17(16(20)21,12-8-14-23-4-2)10-6-5-9-15(18)19/h3-4H,1-2,5-14H2,(H,18,19)(H,20,21). The van der Waals surface area contributed by atoms with Gasteiger partial charge in [0.25, 0.3) is 0 Å². The van der Waals surface area contributed by atoms with E-state index in [9.17, 15) is 14.7 Å².